The number of aromatic nitrogens is 3. The number of aromatic amines is 1. The second kappa shape index (κ2) is 5.75. The van der Waals surface area contributed by atoms with Crippen molar-refractivity contribution in [2.45, 2.75) is 6.92 Å². The predicted octanol–water partition coefficient (Wildman–Crippen LogP) is 0.880. The van der Waals surface area contributed by atoms with Crippen molar-refractivity contribution in [2.24, 2.45) is 0 Å². The highest BCUT2D eigenvalue weighted by atomic mass is 16.5. The molecule has 20 heavy (non-hydrogen) atoms. The van der Waals surface area contributed by atoms with Gasteiger partial charge in [0.1, 0.15) is 11.6 Å². The van der Waals surface area contributed by atoms with Gasteiger partial charge in [-0.1, -0.05) is 0 Å². The second-order valence-electron chi connectivity index (χ2n) is 3.71. The minimum atomic E-state index is -0.729. The van der Waals surface area contributed by atoms with Crippen molar-refractivity contribution in [1.82, 2.24) is 15.0 Å². The number of nitrogens with zero attached hydrogens (tertiary/aromatic N) is 3. The number of rotatable bonds is 3. The molecule has 7 heteroatoms. The number of ether oxygens (including phenoxy) is 1. The Hall–Kier alpha value is -3.01. The van der Waals surface area contributed by atoms with E-state index in [4.69, 9.17) is 10.00 Å². The molecule has 2 aromatic rings. The van der Waals surface area contributed by atoms with E-state index in [2.05, 4.69) is 15.0 Å². The molecule has 0 aliphatic rings. The molecule has 0 aromatic carbocycles. The van der Waals surface area contributed by atoms with Crippen LogP contribution in [0.15, 0.2) is 29.3 Å². The van der Waals surface area contributed by atoms with Gasteiger partial charge < -0.3 is 9.72 Å². The summed E-state index contributed by atoms with van der Waals surface area (Å²) in [6, 6.07) is 4.66. The Morgan fingerprint density at radius 3 is 2.75 bits per heavy atom. The Kier molecular flexibility index (Phi) is 3.86. The van der Waals surface area contributed by atoms with Gasteiger partial charge in [-0.25, -0.2) is 14.8 Å². The minimum absolute atomic E-state index is 0.0967. The first-order chi connectivity index (χ1) is 9.67. The molecule has 0 spiro atoms. The fourth-order valence-electron chi connectivity index (χ4n) is 1.60. The summed E-state index contributed by atoms with van der Waals surface area (Å²) in [6.07, 6.45) is 3.01. The average Bonchev–Trinajstić information content (AvgIpc) is 2.47. The molecule has 2 rings (SSSR count). The standard InChI is InChI=1S/C13H10N4O3/c1-2-20-13(19)8-6-10(11-15-4-3-5-16-11)17-12(18)9(8)7-14/h3-6H,2H2,1H3,(H,17,18). The molecule has 0 atom stereocenters. The number of carbonyl (C=O) groups is 1. The van der Waals surface area contributed by atoms with Crippen LogP contribution in [-0.2, 0) is 4.74 Å². The Labute approximate surface area is 113 Å². The number of nitrogens with one attached hydrogen (secondary N) is 1. The van der Waals surface area contributed by atoms with Gasteiger partial charge >= 0.3 is 5.97 Å². The first-order valence-electron chi connectivity index (χ1n) is 5.79. The van der Waals surface area contributed by atoms with Gasteiger partial charge in [-0.05, 0) is 19.1 Å². The lowest BCUT2D eigenvalue weighted by molar-refractivity contribution is 0.0525. The normalized spacial score (nSPS) is 9.80. The van der Waals surface area contributed by atoms with E-state index in [1.165, 1.54) is 18.5 Å². The minimum Gasteiger partial charge on any atom is -0.462 e. The van der Waals surface area contributed by atoms with E-state index in [1.807, 2.05) is 0 Å². The van der Waals surface area contributed by atoms with Gasteiger partial charge in [0.05, 0.1) is 17.9 Å². The largest absolute Gasteiger partial charge is 0.462 e. The molecule has 2 aromatic heterocycles. The topological polar surface area (TPSA) is 109 Å². The average molecular weight is 270 g/mol. The number of esters is 1. The monoisotopic (exact) mass is 270 g/mol. The number of nitriles is 1. The summed E-state index contributed by atoms with van der Waals surface area (Å²) in [4.78, 5) is 34.0. The van der Waals surface area contributed by atoms with Crippen LogP contribution in [0.1, 0.15) is 22.8 Å². The lowest BCUT2D eigenvalue weighted by Gasteiger charge is -2.05. The van der Waals surface area contributed by atoms with E-state index in [-0.39, 0.29) is 29.3 Å². The van der Waals surface area contributed by atoms with E-state index in [9.17, 15) is 9.59 Å². The smallest absolute Gasteiger partial charge is 0.339 e. The van der Waals surface area contributed by atoms with E-state index in [0.717, 1.165) is 0 Å². The van der Waals surface area contributed by atoms with Crippen molar-refractivity contribution in [1.29, 1.82) is 5.26 Å². The Morgan fingerprint density at radius 2 is 2.15 bits per heavy atom. The lowest BCUT2D eigenvalue weighted by atomic mass is 10.1. The maximum Gasteiger partial charge on any atom is 0.339 e. The molecule has 0 amide bonds. The molecule has 0 unspecified atom stereocenters. The third-order valence-corrected chi connectivity index (χ3v) is 2.45. The van der Waals surface area contributed by atoms with Crippen LogP contribution in [0.2, 0.25) is 0 Å². The van der Waals surface area contributed by atoms with Crippen LogP contribution in [0.25, 0.3) is 11.5 Å². The zero-order valence-electron chi connectivity index (χ0n) is 10.6. The van der Waals surface area contributed by atoms with Crippen molar-refractivity contribution >= 4 is 5.97 Å². The third kappa shape index (κ3) is 2.54. The molecule has 0 fully saturated rings. The van der Waals surface area contributed by atoms with E-state index in [1.54, 1.807) is 19.1 Å². The quantitative estimate of drug-likeness (QED) is 0.829. The summed E-state index contributed by atoms with van der Waals surface area (Å²) in [6.45, 7) is 1.78. The first-order valence-corrected chi connectivity index (χ1v) is 5.79. The number of hydrogen-bond donors (Lipinski definition) is 1. The molecular weight excluding hydrogens is 260 g/mol. The van der Waals surface area contributed by atoms with Gasteiger partial charge in [0.15, 0.2) is 5.82 Å². The second-order valence-corrected chi connectivity index (χ2v) is 3.71. The predicted molar refractivity (Wildman–Crippen MR) is 68.8 cm³/mol. The van der Waals surface area contributed by atoms with Crippen LogP contribution < -0.4 is 5.56 Å². The van der Waals surface area contributed by atoms with Gasteiger partial charge in [0, 0.05) is 12.4 Å². The Balaban J connectivity index is 2.62. The van der Waals surface area contributed by atoms with Gasteiger partial charge in [0.2, 0.25) is 0 Å². The highest BCUT2D eigenvalue weighted by Crippen LogP contribution is 2.14. The first kappa shape index (κ1) is 13.4. The van der Waals surface area contributed by atoms with Crippen molar-refractivity contribution in [3.8, 4) is 17.6 Å². The van der Waals surface area contributed by atoms with Crippen LogP contribution in [-0.4, -0.2) is 27.5 Å². The van der Waals surface area contributed by atoms with Gasteiger partial charge in [-0.3, -0.25) is 4.79 Å². The number of hydrogen-bond acceptors (Lipinski definition) is 6. The molecule has 7 nitrogen and oxygen atoms in total. The number of H-pyrrole nitrogens is 1. The summed E-state index contributed by atoms with van der Waals surface area (Å²) in [5.74, 6) is -0.480. The van der Waals surface area contributed by atoms with Gasteiger partial charge in [-0.15, -0.1) is 0 Å². The molecule has 0 saturated carbocycles. The molecule has 0 aliphatic carbocycles. The summed E-state index contributed by atoms with van der Waals surface area (Å²) < 4.78 is 4.83. The van der Waals surface area contributed by atoms with Crippen LogP contribution in [0.5, 0.6) is 0 Å². The third-order valence-electron chi connectivity index (χ3n) is 2.45. The Morgan fingerprint density at radius 1 is 1.45 bits per heavy atom. The SMILES string of the molecule is CCOC(=O)c1cc(-c2ncccn2)[nH]c(=O)c1C#N. The fourth-order valence-corrected chi connectivity index (χ4v) is 1.60. The van der Waals surface area contributed by atoms with Crippen LogP contribution in [0.4, 0.5) is 0 Å². The molecule has 100 valence electrons. The van der Waals surface area contributed by atoms with Crippen molar-refractivity contribution in [3.63, 3.8) is 0 Å². The van der Waals surface area contributed by atoms with Crippen LogP contribution >= 0.6 is 0 Å². The number of carbonyl (C=O) groups excluding carboxylic acids is 1. The van der Waals surface area contributed by atoms with Gasteiger partial charge in [-0.2, -0.15) is 5.26 Å². The highest BCUT2D eigenvalue weighted by molar-refractivity contribution is 5.93. The number of pyridine rings is 1. The van der Waals surface area contributed by atoms with E-state index >= 15 is 0 Å². The molecule has 1 N–H and O–H groups in total. The van der Waals surface area contributed by atoms with Crippen LogP contribution in [0, 0.1) is 11.3 Å². The van der Waals surface area contributed by atoms with E-state index < -0.39 is 11.5 Å². The van der Waals surface area contributed by atoms with Crippen molar-refractivity contribution in [2.75, 3.05) is 6.61 Å². The summed E-state index contributed by atoms with van der Waals surface area (Å²) in [5, 5.41) is 8.97. The maximum atomic E-state index is 11.8. The van der Waals surface area contributed by atoms with E-state index in [0.29, 0.717) is 0 Å². The Bertz CT molecular complexity index is 732. The highest BCUT2D eigenvalue weighted by Gasteiger charge is 2.18. The summed E-state index contributed by atoms with van der Waals surface area (Å²) in [5.41, 5.74) is -0.818. The summed E-state index contributed by atoms with van der Waals surface area (Å²) in [7, 11) is 0. The molecule has 0 bridgehead atoms. The molecule has 0 radical (unpaired) electrons. The zero-order valence-corrected chi connectivity index (χ0v) is 10.6. The van der Waals surface area contributed by atoms with Crippen molar-refractivity contribution in [3.05, 3.63) is 46.0 Å². The lowest BCUT2D eigenvalue weighted by Crippen LogP contribution is -2.19. The fraction of sp³-hybridized carbons (Fsp3) is 0.154. The molecule has 0 aliphatic heterocycles. The van der Waals surface area contributed by atoms with Crippen LogP contribution in [0.3, 0.4) is 0 Å². The maximum absolute atomic E-state index is 11.8. The van der Waals surface area contributed by atoms with Crippen molar-refractivity contribution < 1.29 is 9.53 Å². The zero-order chi connectivity index (χ0) is 14.5. The summed E-state index contributed by atoms with van der Waals surface area (Å²) >= 11 is 0. The van der Waals surface area contributed by atoms with Gasteiger partial charge in [0.25, 0.3) is 5.56 Å². The molecule has 2 heterocycles. The molecular formula is C13H10N4O3. The molecule has 0 saturated heterocycles.